The van der Waals surface area contributed by atoms with E-state index in [9.17, 15) is 9.59 Å². The van der Waals surface area contributed by atoms with Crippen LogP contribution in [0.1, 0.15) is 35.6 Å². The lowest BCUT2D eigenvalue weighted by molar-refractivity contribution is -0.132. The number of fused-ring (bicyclic) bond motifs is 1. The van der Waals surface area contributed by atoms with Crippen LogP contribution in [-0.2, 0) is 24.3 Å². The van der Waals surface area contributed by atoms with Gasteiger partial charge < -0.3 is 19.7 Å². The molecule has 0 saturated carbocycles. The molecular formula is C21H28N4O4. The number of carbonyl (C=O) groups excluding carboxylic acids is 2. The number of carbonyl (C=O) groups is 2. The van der Waals surface area contributed by atoms with E-state index in [0.717, 1.165) is 11.3 Å². The third kappa shape index (κ3) is 5.07. The minimum Gasteiger partial charge on any atom is -0.497 e. The van der Waals surface area contributed by atoms with Crippen molar-refractivity contribution < 1.29 is 19.1 Å². The summed E-state index contributed by atoms with van der Waals surface area (Å²) in [7, 11) is 3.17. The van der Waals surface area contributed by atoms with Gasteiger partial charge in [0.15, 0.2) is 5.69 Å². The van der Waals surface area contributed by atoms with Crippen LogP contribution < -0.4 is 14.8 Å². The standard InChI is InChI=1S/C21H28N4O4/c1-14(2)12-22-21(27)19-10-16-13-24(5-6-25(16)23-19)20(26)9-15-7-17(28-3)11-18(8-15)29-4/h7-8,10-11,14H,5-6,9,12-13H2,1-4H3,(H,22,27). The second-order valence-electron chi connectivity index (χ2n) is 7.56. The molecule has 2 heterocycles. The summed E-state index contributed by atoms with van der Waals surface area (Å²) in [6.07, 6.45) is 0.253. The molecule has 0 spiro atoms. The molecule has 2 amide bonds. The van der Waals surface area contributed by atoms with Crippen molar-refractivity contribution in [3.63, 3.8) is 0 Å². The molecule has 0 unspecified atom stereocenters. The molecule has 29 heavy (non-hydrogen) atoms. The van der Waals surface area contributed by atoms with Crippen molar-refractivity contribution >= 4 is 11.8 Å². The maximum Gasteiger partial charge on any atom is 0.271 e. The number of nitrogens with zero attached hydrogens (tertiary/aromatic N) is 3. The monoisotopic (exact) mass is 400 g/mol. The molecule has 1 aromatic heterocycles. The highest BCUT2D eigenvalue weighted by molar-refractivity contribution is 5.92. The third-order valence-corrected chi connectivity index (χ3v) is 4.82. The summed E-state index contributed by atoms with van der Waals surface area (Å²) in [6.45, 7) is 6.25. The predicted molar refractivity (Wildman–Crippen MR) is 108 cm³/mol. The van der Waals surface area contributed by atoms with E-state index >= 15 is 0 Å². The van der Waals surface area contributed by atoms with Gasteiger partial charge >= 0.3 is 0 Å². The Morgan fingerprint density at radius 2 is 1.79 bits per heavy atom. The van der Waals surface area contributed by atoms with E-state index in [2.05, 4.69) is 10.4 Å². The summed E-state index contributed by atoms with van der Waals surface area (Å²) in [5.41, 5.74) is 2.09. The first-order valence-corrected chi connectivity index (χ1v) is 9.74. The molecule has 2 aromatic rings. The van der Waals surface area contributed by atoms with Gasteiger partial charge in [0.05, 0.1) is 39.4 Å². The molecule has 1 aliphatic rings. The van der Waals surface area contributed by atoms with Crippen LogP contribution in [-0.4, -0.2) is 53.8 Å². The molecule has 0 saturated heterocycles. The van der Waals surface area contributed by atoms with Gasteiger partial charge in [0.25, 0.3) is 5.91 Å². The predicted octanol–water partition coefficient (Wildman–Crippen LogP) is 1.87. The van der Waals surface area contributed by atoms with Crippen LogP contribution in [0.25, 0.3) is 0 Å². The number of amides is 2. The second kappa shape index (κ2) is 8.98. The molecule has 0 atom stereocenters. The Balaban J connectivity index is 1.66. The second-order valence-corrected chi connectivity index (χ2v) is 7.56. The Bertz CT molecular complexity index is 869. The number of methoxy groups -OCH3 is 2. The van der Waals surface area contributed by atoms with Gasteiger partial charge in [-0.25, -0.2) is 0 Å². The van der Waals surface area contributed by atoms with E-state index < -0.39 is 0 Å². The Morgan fingerprint density at radius 1 is 1.10 bits per heavy atom. The van der Waals surface area contributed by atoms with Crippen molar-refractivity contribution in [2.75, 3.05) is 27.3 Å². The van der Waals surface area contributed by atoms with Crippen molar-refractivity contribution in [3.8, 4) is 11.5 Å². The van der Waals surface area contributed by atoms with E-state index in [1.807, 2.05) is 30.7 Å². The zero-order valence-electron chi connectivity index (χ0n) is 17.4. The Hall–Kier alpha value is -3.03. The molecule has 0 fully saturated rings. The lowest BCUT2D eigenvalue weighted by atomic mass is 10.1. The lowest BCUT2D eigenvalue weighted by Gasteiger charge is -2.27. The maximum atomic E-state index is 12.8. The average Bonchev–Trinajstić information content (AvgIpc) is 3.15. The summed E-state index contributed by atoms with van der Waals surface area (Å²) in [5.74, 6) is 1.52. The molecular weight excluding hydrogens is 372 g/mol. The maximum absolute atomic E-state index is 12.8. The summed E-state index contributed by atoms with van der Waals surface area (Å²) in [6, 6.07) is 7.22. The van der Waals surface area contributed by atoms with Crippen LogP contribution >= 0.6 is 0 Å². The minimum atomic E-state index is -0.179. The number of hydrogen-bond donors (Lipinski definition) is 1. The number of rotatable bonds is 7. The number of ether oxygens (including phenoxy) is 2. The quantitative estimate of drug-likeness (QED) is 0.767. The van der Waals surface area contributed by atoms with Crippen LogP contribution in [0.15, 0.2) is 24.3 Å². The van der Waals surface area contributed by atoms with Gasteiger partial charge in [-0.15, -0.1) is 0 Å². The van der Waals surface area contributed by atoms with Crippen LogP contribution in [0.2, 0.25) is 0 Å². The summed E-state index contributed by atoms with van der Waals surface area (Å²) in [5, 5.41) is 7.26. The van der Waals surface area contributed by atoms with Crippen molar-refractivity contribution in [3.05, 3.63) is 41.2 Å². The SMILES string of the molecule is COc1cc(CC(=O)N2CCn3nc(C(=O)NCC(C)C)cc3C2)cc(OC)c1. The Morgan fingerprint density at radius 3 is 2.41 bits per heavy atom. The van der Waals surface area contributed by atoms with Crippen LogP contribution in [0.5, 0.6) is 11.5 Å². The van der Waals surface area contributed by atoms with E-state index in [1.54, 1.807) is 31.3 Å². The fourth-order valence-corrected chi connectivity index (χ4v) is 3.23. The van der Waals surface area contributed by atoms with E-state index in [4.69, 9.17) is 9.47 Å². The number of nitrogens with one attached hydrogen (secondary N) is 1. The average molecular weight is 400 g/mol. The van der Waals surface area contributed by atoms with Crippen LogP contribution in [0, 0.1) is 5.92 Å². The molecule has 1 aliphatic heterocycles. The van der Waals surface area contributed by atoms with E-state index in [1.165, 1.54) is 0 Å². The first-order valence-electron chi connectivity index (χ1n) is 9.74. The van der Waals surface area contributed by atoms with Crippen molar-refractivity contribution in [1.29, 1.82) is 0 Å². The smallest absolute Gasteiger partial charge is 0.271 e. The van der Waals surface area contributed by atoms with Gasteiger partial charge in [0, 0.05) is 19.2 Å². The summed E-state index contributed by atoms with van der Waals surface area (Å²) >= 11 is 0. The molecule has 1 N–H and O–H groups in total. The highest BCUT2D eigenvalue weighted by Crippen LogP contribution is 2.23. The molecule has 0 aliphatic carbocycles. The molecule has 156 valence electrons. The van der Waals surface area contributed by atoms with E-state index in [-0.39, 0.29) is 18.2 Å². The normalized spacial score (nSPS) is 13.2. The van der Waals surface area contributed by atoms with Gasteiger partial charge in [0.2, 0.25) is 5.91 Å². The van der Waals surface area contributed by atoms with E-state index in [0.29, 0.717) is 49.3 Å². The third-order valence-electron chi connectivity index (χ3n) is 4.82. The molecule has 8 nitrogen and oxygen atoms in total. The van der Waals surface area contributed by atoms with Gasteiger partial charge in [-0.05, 0) is 29.7 Å². The highest BCUT2D eigenvalue weighted by Gasteiger charge is 2.24. The first kappa shape index (κ1) is 20.7. The van der Waals surface area contributed by atoms with Crippen molar-refractivity contribution in [1.82, 2.24) is 20.0 Å². The fraction of sp³-hybridized carbons (Fsp3) is 0.476. The summed E-state index contributed by atoms with van der Waals surface area (Å²) in [4.78, 5) is 26.9. The number of aromatic nitrogens is 2. The molecule has 1 aromatic carbocycles. The van der Waals surface area contributed by atoms with Gasteiger partial charge in [0.1, 0.15) is 11.5 Å². The van der Waals surface area contributed by atoms with Crippen LogP contribution in [0.4, 0.5) is 0 Å². The van der Waals surface area contributed by atoms with Gasteiger partial charge in [-0.1, -0.05) is 13.8 Å². The number of benzene rings is 1. The summed E-state index contributed by atoms with van der Waals surface area (Å²) < 4.78 is 12.4. The molecule has 3 rings (SSSR count). The van der Waals surface area contributed by atoms with Gasteiger partial charge in [-0.3, -0.25) is 14.3 Å². The zero-order valence-corrected chi connectivity index (χ0v) is 17.4. The number of hydrogen-bond acceptors (Lipinski definition) is 5. The minimum absolute atomic E-state index is 0.0126. The first-order chi connectivity index (χ1) is 13.9. The molecule has 0 radical (unpaired) electrons. The Labute approximate surface area is 170 Å². The highest BCUT2D eigenvalue weighted by atomic mass is 16.5. The molecule has 8 heteroatoms. The largest absolute Gasteiger partial charge is 0.497 e. The van der Waals surface area contributed by atoms with Crippen molar-refractivity contribution in [2.45, 2.75) is 33.4 Å². The lowest BCUT2D eigenvalue weighted by Crippen LogP contribution is -2.39. The van der Waals surface area contributed by atoms with Crippen molar-refractivity contribution in [2.24, 2.45) is 5.92 Å². The fourth-order valence-electron chi connectivity index (χ4n) is 3.23. The topological polar surface area (TPSA) is 85.7 Å². The zero-order chi connectivity index (χ0) is 21.0. The molecule has 0 bridgehead atoms. The Kier molecular flexibility index (Phi) is 6.41. The van der Waals surface area contributed by atoms with Gasteiger partial charge in [-0.2, -0.15) is 5.10 Å². The van der Waals surface area contributed by atoms with Crippen LogP contribution in [0.3, 0.4) is 0 Å².